The maximum atomic E-state index is 3.75. The lowest BCUT2D eigenvalue weighted by molar-refractivity contribution is 0.309. The first-order chi connectivity index (χ1) is 7.81. The maximum Gasteiger partial charge on any atom is 0.0939 e. The van der Waals surface area contributed by atoms with Crippen molar-refractivity contribution in [3.05, 3.63) is 67.2 Å². The second-order valence-corrected chi connectivity index (χ2v) is 3.83. The van der Waals surface area contributed by atoms with Crippen LogP contribution in [0.1, 0.15) is 11.1 Å². The van der Waals surface area contributed by atoms with Crippen LogP contribution in [0.25, 0.3) is 6.08 Å². The molecule has 1 aromatic rings. The largest absolute Gasteiger partial charge is 0.354 e. The molecule has 1 aromatic carbocycles. The van der Waals surface area contributed by atoms with Gasteiger partial charge in [-0.15, -0.1) is 0 Å². The molecule has 0 amide bonds. The standard InChI is InChI=1S/C14H16N2/c1-3-13-5-7-14(8-6-13)11-16-10-9-15(4-2)12-16/h3-10H,1-2,11-12H2. The SMILES string of the molecule is C=Cc1ccc(CN2C=CN(C=C)C2)cc1. The van der Waals surface area contributed by atoms with Gasteiger partial charge in [0.1, 0.15) is 0 Å². The van der Waals surface area contributed by atoms with E-state index in [4.69, 9.17) is 0 Å². The van der Waals surface area contributed by atoms with Gasteiger partial charge in [-0.3, -0.25) is 0 Å². The summed E-state index contributed by atoms with van der Waals surface area (Å²) in [6.45, 7) is 9.30. The van der Waals surface area contributed by atoms with E-state index in [0.29, 0.717) is 0 Å². The summed E-state index contributed by atoms with van der Waals surface area (Å²) in [7, 11) is 0. The van der Waals surface area contributed by atoms with E-state index in [-0.39, 0.29) is 0 Å². The summed E-state index contributed by atoms with van der Waals surface area (Å²) >= 11 is 0. The fourth-order valence-corrected chi connectivity index (χ4v) is 1.70. The highest BCUT2D eigenvalue weighted by Gasteiger charge is 2.09. The molecule has 0 bridgehead atoms. The second-order valence-electron chi connectivity index (χ2n) is 3.83. The monoisotopic (exact) mass is 212 g/mol. The molecule has 2 rings (SSSR count). The van der Waals surface area contributed by atoms with Crippen molar-refractivity contribution in [2.45, 2.75) is 6.54 Å². The van der Waals surface area contributed by atoms with Crippen LogP contribution in [-0.4, -0.2) is 16.5 Å². The van der Waals surface area contributed by atoms with Gasteiger partial charge in [0.15, 0.2) is 0 Å². The van der Waals surface area contributed by atoms with Crippen molar-refractivity contribution in [2.24, 2.45) is 0 Å². The highest BCUT2D eigenvalue weighted by atomic mass is 15.3. The summed E-state index contributed by atoms with van der Waals surface area (Å²) in [6, 6.07) is 8.46. The molecule has 1 aliphatic rings. The first kappa shape index (κ1) is 10.6. The Morgan fingerprint density at radius 3 is 2.44 bits per heavy atom. The van der Waals surface area contributed by atoms with Crippen molar-refractivity contribution in [2.75, 3.05) is 6.67 Å². The molecule has 0 spiro atoms. The molecule has 0 aliphatic carbocycles. The van der Waals surface area contributed by atoms with Gasteiger partial charge >= 0.3 is 0 Å². The highest BCUT2D eigenvalue weighted by molar-refractivity contribution is 5.47. The van der Waals surface area contributed by atoms with Gasteiger partial charge in [-0.05, 0) is 17.3 Å². The Morgan fingerprint density at radius 1 is 1.12 bits per heavy atom. The molecule has 2 nitrogen and oxygen atoms in total. The van der Waals surface area contributed by atoms with Crippen molar-refractivity contribution < 1.29 is 0 Å². The molecule has 82 valence electrons. The van der Waals surface area contributed by atoms with Gasteiger partial charge in [-0.25, -0.2) is 0 Å². The van der Waals surface area contributed by atoms with Crippen LogP contribution < -0.4 is 0 Å². The van der Waals surface area contributed by atoms with Gasteiger partial charge in [0.2, 0.25) is 0 Å². The molecule has 1 aliphatic heterocycles. The van der Waals surface area contributed by atoms with Crippen molar-refractivity contribution in [3.63, 3.8) is 0 Å². The Balaban J connectivity index is 1.97. The molecule has 0 saturated carbocycles. The molecule has 2 heteroatoms. The number of benzene rings is 1. The maximum absolute atomic E-state index is 3.75. The van der Waals surface area contributed by atoms with Gasteiger partial charge in [-0.2, -0.15) is 0 Å². The van der Waals surface area contributed by atoms with Crippen LogP contribution in [0.4, 0.5) is 0 Å². The summed E-state index contributed by atoms with van der Waals surface area (Å²) in [5, 5.41) is 0. The highest BCUT2D eigenvalue weighted by Crippen LogP contribution is 2.13. The summed E-state index contributed by atoms with van der Waals surface area (Å²) in [5.41, 5.74) is 2.47. The lowest BCUT2D eigenvalue weighted by Gasteiger charge is -2.18. The third kappa shape index (κ3) is 2.34. The predicted molar refractivity (Wildman–Crippen MR) is 68.1 cm³/mol. The number of nitrogens with zero attached hydrogens (tertiary/aromatic N) is 2. The van der Waals surface area contributed by atoms with Crippen LogP contribution in [0.5, 0.6) is 0 Å². The Bertz CT molecular complexity index is 403. The minimum atomic E-state index is 0.882. The number of rotatable bonds is 4. The minimum absolute atomic E-state index is 0.882. The lowest BCUT2D eigenvalue weighted by Crippen LogP contribution is -2.21. The molecule has 0 radical (unpaired) electrons. The van der Waals surface area contributed by atoms with E-state index in [1.54, 1.807) is 0 Å². The molecule has 0 aromatic heterocycles. The summed E-state index contributed by atoms with van der Waals surface area (Å²) in [6.07, 6.45) is 7.81. The predicted octanol–water partition coefficient (Wildman–Crippen LogP) is 3.02. The van der Waals surface area contributed by atoms with E-state index in [0.717, 1.165) is 18.8 Å². The van der Waals surface area contributed by atoms with E-state index >= 15 is 0 Å². The Morgan fingerprint density at radius 2 is 1.88 bits per heavy atom. The smallest absolute Gasteiger partial charge is 0.0939 e. The van der Waals surface area contributed by atoms with E-state index in [1.165, 1.54) is 5.56 Å². The molecular formula is C14H16N2. The Labute approximate surface area is 96.8 Å². The van der Waals surface area contributed by atoms with Gasteiger partial charge in [0.25, 0.3) is 0 Å². The van der Waals surface area contributed by atoms with Gasteiger partial charge in [-0.1, -0.05) is 43.5 Å². The lowest BCUT2D eigenvalue weighted by atomic mass is 10.1. The first-order valence-corrected chi connectivity index (χ1v) is 5.34. The fraction of sp³-hybridized carbons (Fsp3) is 0.143. The molecule has 1 heterocycles. The fourth-order valence-electron chi connectivity index (χ4n) is 1.70. The van der Waals surface area contributed by atoms with Gasteiger partial charge in [0.05, 0.1) is 6.67 Å². The van der Waals surface area contributed by atoms with Crippen LogP contribution in [-0.2, 0) is 6.54 Å². The van der Waals surface area contributed by atoms with Crippen molar-refractivity contribution in [1.29, 1.82) is 0 Å². The van der Waals surface area contributed by atoms with Crippen molar-refractivity contribution in [3.8, 4) is 0 Å². The quantitative estimate of drug-likeness (QED) is 0.757. The molecule has 0 unspecified atom stereocenters. The summed E-state index contributed by atoms with van der Waals surface area (Å²) in [4.78, 5) is 4.29. The molecule has 0 saturated heterocycles. The third-order valence-electron chi connectivity index (χ3n) is 2.65. The van der Waals surface area contributed by atoms with E-state index < -0.39 is 0 Å². The first-order valence-electron chi connectivity index (χ1n) is 5.34. The van der Waals surface area contributed by atoms with Crippen molar-refractivity contribution in [1.82, 2.24) is 9.80 Å². The molecule has 0 atom stereocenters. The molecule has 0 N–H and O–H groups in total. The second kappa shape index (κ2) is 4.71. The molecule has 16 heavy (non-hydrogen) atoms. The molecule has 0 fully saturated rings. The summed E-state index contributed by atoms with van der Waals surface area (Å²) in [5.74, 6) is 0. The zero-order valence-corrected chi connectivity index (χ0v) is 9.34. The van der Waals surface area contributed by atoms with Crippen LogP contribution in [0.15, 0.2) is 56.0 Å². The minimum Gasteiger partial charge on any atom is -0.354 e. The summed E-state index contributed by atoms with van der Waals surface area (Å²) < 4.78 is 0. The zero-order valence-electron chi connectivity index (χ0n) is 9.34. The number of hydrogen-bond donors (Lipinski definition) is 0. The van der Waals surface area contributed by atoms with Crippen LogP contribution in [0.2, 0.25) is 0 Å². The van der Waals surface area contributed by atoms with Crippen LogP contribution in [0, 0.1) is 0 Å². The van der Waals surface area contributed by atoms with Crippen LogP contribution in [0.3, 0.4) is 0 Å². The Hall–Kier alpha value is -1.96. The van der Waals surface area contributed by atoms with E-state index in [2.05, 4.69) is 53.4 Å². The average molecular weight is 212 g/mol. The molecular weight excluding hydrogens is 196 g/mol. The van der Waals surface area contributed by atoms with E-state index in [1.807, 2.05) is 18.5 Å². The topological polar surface area (TPSA) is 6.48 Å². The van der Waals surface area contributed by atoms with E-state index in [9.17, 15) is 0 Å². The normalized spacial score (nSPS) is 14.2. The van der Waals surface area contributed by atoms with Gasteiger partial charge in [0, 0.05) is 18.9 Å². The van der Waals surface area contributed by atoms with Crippen LogP contribution >= 0.6 is 0 Å². The van der Waals surface area contributed by atoms with Gasteiger partial charge < -0.3 is 9.80 Å². The number of hydrogen-bond acceptors (Lipinski definition) is 2. The van der Waals surface area contributed by atoms with Crippen molar-refractivity contribution >= 4 is 6.08 Å². The zero-order chi connectivity index (χ0) is 11.4. The Kier molecular flexibility index (Phi) is 3.10. The average Bonchev–Trinajstić information content (AvgIpc) is 2.78. The third-order valence-corrected chi connectivity index (χ3v) is 2.65.